The molecule has 14 nitrogen and oxygen atoms in total. The van der Waals surface area contributed by atoms with Crippen LogP contribution in [0.5, 0.6) is 5.75 Å². The van der Waals surface area contributed by atoms with E-state index in [0.717, 1.165) is 11.1 Å². The molecule has 0 radical (unpaired) electrons. The molecule has 0 unspecified atom stereocenters. The van der Waals surface area contributed by atoms with Gasteiger partial charge < -0.3 is 31.5 Å². The molecular formula is C28H23N7O7. The van der Waals surface area contributed by atoms with E-state index in [0.29, 0.717) is 29.8 Å². The number of hydrogen-bond donors (Lipinski definition) is 5. The SMILES string of the molecule is NC(=O)c1ncn2c(C(=O)N[C@H]3CCc4cc(C(=O)O)ccc43)cc(C(=O)NCc3ccc4c(c3)NC(=O)CO4)nc12. The third-order valence-corrected chi connectivity index (χ3v) is 7.10. The summed E-state index contributed by atoms with van der Waals surface area (Å²) in [5.41, 5.74) is 7.96. The van der Waals surface area contributed by atoms with Gasteiger partial charge >= 0.3 is 5.97 Å². The van der Waals surface area contributed by atoms with Crippen molar-refractivity contribution in [2.24, 2.45) is 5.73 Å². The first-order valence-electron chi connectivity index (χ1n) is 12.9. The lowest BCUT2D eigenvalue weighted by atomic mass is 10.0. The van der Waals surface area contributed by atoms with E-state index >= 15 is 0 Å². The molecule has 0 saturated carbocycles. The molecule has 0 spiro atoms. The second-order valence-corrected chi connectivity index (χ2v) is 9.81. The molecule has 4 aromatic rings. The summed E-state index contributed by atoms with van der Waals surface area (Å²) < 4.78 is 6.63. The maximum atomic E-state index is 13.5. The summed E-state index contributed by atoms with van der Waals surface area (Å²) >= 11 is 0. The Balaban J connectivity index is 1.26. The van der Waals surface area contributed by atoms with Crippen LogP contribution in [0, 0.1) is 0 Å². The highest BCUT2D eigenvalue weighted by atomic mass is 16.5. The van der Waals surface area contributed by atoms with Crippen molar-refractivity contribution >= 4 is 40.9 Å². The molecule has 4 amide bonds. The van der Waals surface area contributed by atoms with Crippen LogP contribution in [0.15, 0.2) is 48.8 Å². The van der Waals surface area contributed by atoms with Gasteiger partial charge in [-0.3, -0.25) is 23.6 Å². The number of nitrogens with two attached hydrogens (primary N) is 1. The van der Waals surface area contributed by atoms with Crippen LogP contribution in [-0.2, 0) is 17.8 Å². The van der Waals surface area contributed by atoms with Crippen LogP contribution in [0.2, 0.25) is 0 Å². The van der Waals surface area contributed by atoms with E-state index in [1.807, 2.05) is 0 Å². The Labute approximate surface area is 236 Å². The standard InChI is InChI=1S/C28H23N7O7/c29-24(37)23-25-33-19(26(38)30-10-13-1-6-21-18(7-13)32-22(36)11-42-21)9-20(35(25)12-31-23)27(39)34-17-5-3-14-8-15(28(40)41)2-4-16(14)17/h1-2,4,6-9,12,17H,3,5,10-11H2,(H2,29,37)(H,30,38)(H,32,36)(H,34,39)(H,40,41)/t17-/m0/s1. The number of carbonyl (C=O) groups is 5. The molecule has 42 heavy (non-hydrogen) atoms. The molecule has 0 bridgehead atoms. The Kier molecular flexibility index (Phi) is 6.49. The molecule has 1 aliphatic heterocycles. The number of aromatic carboxylic acids is 1. The summed E-state index contributed by atoms with van der Waals surface area (Å²) in [4.78, 5) is 69.9. The van der Waals surface area contributed by atoms with Crippen LogP contribution in [0.3, 0.4) is 0 Å². The lowest BCUT2D eigenvalue weighted by Gasteiger charge is -2.18. The van der Waals surface area contributed by atoms with Gasteiger partial charge in [-0.15, -0.1) is 0 Å². The Bertz CT molecular complexity index is 1830. The molecule has 2 aliphatic rings. The molecule has 2 aromatic carbocycles. The number of rotatable bonds is 7. The van der Waals surface area contributed by atoms with E-state index in [2.05, 4.69) is 25.9 Å². The fourth-order valence-electron chi connectivity index (χ4n) is 5.08. The Morgan fingerprint density at radius 1 is 1.12 bits per heavy atom. The van der Waals surface area contributed by atoms with Gasteiger partial charge in [0.25, 0.3) is 23.6 Å². The van der Waals surface area contributed by atoms with E-state index in [9.17, 15) is 29.1 Å². The predicted octanol–water partition coefficient (Wildman–Crippen LogP) is 1.20. The first kappa shape index (κ1) is 26.4. The number of nitrogens with zero attached hydrogens (tertiary/aromatic N) is 3. The number of aromatic nitrogens is 3. The average molecular weight is 570 g/mol. The maximum Gasteiger partial charge on any atom is 0.335 e. The molecule has 0 saturated heterocycles. The number of carboxylic acids is 1. The number of aryl methyl sites for hydroxylation is 1. The summed E-state index contributed by atoms with van der Waals surface area (Å²) in [6, 6.07) is 10.7. The van der Waals surface area contributed by atoms with Crippen molar-refractivity contribution in [3.05, 3.63) is 88.1 Å². The summed E-state index contributed by atoms with van der Waals surface area (Å²) in [7, 11) is 0. The Hall–Kier alpha value is -5.79. The van der Waals surface area contributed by atoms with Gasteiger partial charge in [0.2, 0.25) is 0 Å². The number of carboxylic acid groups (broad SMARTS) is 1. The molecule has 14 heteroatoms. The zero-order valence-electron chi connectivity index (χ0n) is 21.8. The number of benzene rings is 2. The molecule has 1 aliphatic carbocycles. The van der Waals surface area contributed by atoms with Gasteiger partial charge in [0.05, 0.1) is 17.3 Å². The van der Waals surface area contributed by atoms with Crippen LogP contribution in [-0.4, -0.2) is 55.7 Å². The van der Waals surface area contributed by atoms with Crippen molar-refractivity contribution in [1.82, 2.24) is 25.0 Å². The van der Waals surface area contributed by atoms with Crippen LogP contribution in [0.25, 0.3) is 5.65 Å². The number of carbonyl (C=O) groups excluding carboxylic acids is 4. The molecule has 2 aromatic heterocycles. The van der Waals surface area contributed by atoms with Gasteiger partial charge in [-0.05, 0) is 59.9 Å². The highest BCUT2D eigenvalue weighted by molar-refractivity contribution is 6.02. The van der Waals surface area contributed by atoms with Crippen LogP contribution in [0.4, 0.5) is 5.69 Å². The summed E-state index contributed by atoms with van der Waals surface area (Å²) in [5.74, 6) is -2.88. The van der Waals surface area contributed by atoms with Crippen molar-refractivity contribution in [2.75, 3.05) is 11.9 Å². The predicted molar refractivity (Wildman–Crippen MR) is 145 cm³/mol. The van der Waals surface area contributed by atoms with Gasteiger partial charge in [-0.25, -0.2) is 14.8 Å². The summed E-state index contributed by atoms with van der Waals surface area (Å²) in [6.07, 6.45) is 2.36. The number of nitrogens with one attached hydrogen (secondary N) is 3. The zero-order valence-corrected chi connectivity index (χ0v) is 21.8. The molecule has 6 rings (SSSR count). The highest BCUT2D eigenvalue weighted by Gasteiger charge is 2.28. The molecule has 3 heterocycles. The monoisotopic (exact) mass is 569 g/mol. The zero-order chi connectivity index (χ0) is 29.5. The van der Waals surface area contributed by atoms with E-state index in [1.54, 1.807) is 30.3 Å². The average Bonchev–Trinajstić information content (AvgIpc) is 3.59. The van der Waals surface area contributed by atoms with Crippen molar-refractivity contribution < 1.29 is 33.8 Å². The number of anilines is 1. The van der Waals surface area contributed by atoms with Gasteiger partial charge in [0.1, 0.15) is 23.5 Å². The largest absolute Gasteiger partial charge is 0.482 e. The quantitative estimate of drug-likeness (QED) is 0.216. The number of amides is 4. The number of imidazole rings is 1. The third-order valence-electron chi connectivity index (χ3n) is 7.10. The van der Waals surface area contributed by atoms with Crippen LogP contribution >= 0.6 is 0 Å². The lowest BCUT2D eigenvalue weighted by Crippen LogP contribution is -2.30. The molecule has 0 fully saturated rings. The fraction of sp³-hybridized carbons (Fsp3) is 0.179. The number of ether oxygens (including phenoxy) is 1. The van der Waals surface area contributed by atoms with E-state index in [1.165, 1.54) is 22.9 Å². The second-order valence-electron chi connectivity index (χ2n) is 9.81. The summed E-state index contributed by atoms with van der Waals surface area (Å²) in [5, 5.41) is 17.6. The number of primary amides is 1. The van der Waals surface area contributed by atoms with Crippen molar-refractivity contribution in [3.63, 3.8) is 0 Å². The van der Waals surface area contributed by atoms with E-state index < -0.39 is 29.7 Å². The molecule has 1 atom stereocenters. The van der Waals surface area contributed by atoms with E-state index in [4.69, 9.17) is 10.5 Å². The first-order chi connectivity index (χ1) is 20.2. The normalized spacial score (nSPS) is 15.2. The van der Waals surface area contributed by atoms with Gasteiger partial charge in [0, 0.05) is 6.54 Å². The minimum absolute atomic E-state index is 0.00519. The third kappa shape index (κ3) is 4.85. The van der Waals surface area contributed by atoms with Gasteiger partial charge in [-0.1, -0.05) is 12.1 Å². The Morgan fingerprint density at radius 3 is 2.74 bits per heavy atom. The minimum Gasteiger partial charge on any atom is -0.482 e. The van der Waals surface area contributed by atoms with Crippen LogP contribution < -0.4 is 26.4 Å². The van der Waals surface area contributed by atoms with Crippen molar-refractivity contribution in [3.8, 4) is 5.75 Å². The minimum atomic E-state index is -1.03. The van der Waals surface area contributed by atoms with Crippen LogP contribution in [0.1, 0.15) is 71.0 Å². The van der Waals surface area contributed by atoms with Crippen molar-refractivity contribution in [1.29, 1.82) is 0 Å². The Morgan fingerprint density at radius 2 is 1.95 bits per heavy atom. The van der Waals surface area contributed by atoms with Crippen molar-refractivity contribution in [2.45, 2.75) is 25.4 Å². The lowest BCUT2D eigenvalue weighted by molar-refractivity contribution is -0.118. The van der Waals surface area contributed by atoms with E-state index in [-0.39, 0.29) is 47.4 Å². The maximum absolute atomic E-state index is 13.5. The fourth-order valence-corrected chi connectivity index (χ4v) is 5.08. The summed E-state index contributed by atoms with van der Waals surface area (Å²) in [6.45, 7) is -0.0105. The van der Waals surface area contributed by atoms with Gasteiger partial charge in [0.15, 0.2) is 17.9 Å². The second kappa shape index (κ2) is 10.3. The number of fused-ring (bicyclic) bond motifs is 3. The van der Waals surface area contributed by atoms with Gasteiger partial charge in [-0.2, -0.15) is 0 Å². The molecule has 6 N–H and O–H groups in total. The smallest absolute Gasteiger partial charge is 0.335 e. The highest BCUT2D eigenvalue weighted by Crippen LogP contribution is 2.32. The first-order valence-corrected chi connectivity index (χ1v) is 12.9. The topological polar surface area (TPSA) is 207 Å². The number of hydrogen-bond acceptors (Lipinski definition) is 8. The molecular weight excluding hydrogens is 546 g/mol. The molecule has 212 valence electrons.